The molecular formula is C13H14FNO4. The van der Waals surface area contributed by atoms with Gasteiger partial charge >= 0.3 is 5.97 Å². The van der Waals surface area contributed by atoms with E-state index in [1.54, 1.807) is 6.92 Å². The molecule has 6 heteroatoms. The molecule has 0 saturated carbocycles. The average Bonchev–Trinajstić information content (AvgIpc) is 2.70. The van der Waals surface area contributed by atoms with Crippen molar-refractivity contribution in [3.63, 3.8) is 0 Å². The van der Waals surface area contributed by atoms with Crippen LogP contribution in [-0.2, 0) is 4.79 Å². The molecule has 0 bridgehead atoms. The van der Waals surface area contributed by atoms with Crippen molar-refractivity contribution in [2.24, 2.45) is 5.92 Å². The molecule has 0 aromatic heterocycles. The Morgan fingerprint density at radius 1 is 1.42 bits per heavy atom. The summed E-state index contributed by atoms with van der Waals surface area (Å²) in [6.45, 7) is 2.04. The van der Waals surface area contributed by atoms with Crippen LogP contribution in [0, 0.1) is 11.7 Å². The number of benzene rings is 1. The van der Waals surface area contributed by atoms with E-state index in [1.165, 1.54) is 11.0 Å². The number of hydrogen-bond acceptors (Lipinski definition) is 3. The molecule has 0 spiro atoms. The molecule has 0 radical (unpaired) electrons. The quantitative estimate of drug-likeness (QED) is 0.850. The minimum atomic E-state index is -1.09. The fourth-order valence-electron chi connectivity index (χ4n) is 2.38. The second kappa shape index (κ2) is 4.87. The minimum absolute atomic E-state index is 0.165. The van der Waals surface area contributed by atoms with Gasteiger partial charge in [-0.3, -0.25) is 4.79 Å². The molecule has 2 N–H and O–H groups in total. The molecule has 1 fully saturated rings. The lowest BCUT2D eigenvalue weighted by Gasteiger charge is -2.23. The van der Waals surface area contributed by atoms with Gasteiger partial charge in [-0.1, -0.05) is 6.92 Å². The number of nitrogens with zero attached hydrogens (tertiary/aromatic N) is 1. The molecule has 2 unspecified atom stereocenters. The van der Waals surface area contributed by atoms with Crippen LogP contribution in [-0.4, -0.2) is 39.6 Å². The molecule has 102 valence electrons. The van der Waals surface area contributed by atoms with E-state index in [0.29, 0.717) is 6.42 Å². The van der Waals surface area contributed by atoms with Crippen LogP contribution in [0.5, 0.6) is 5.75 Å². The van der Waals surface area contributed by atoms with Gasteiger partial charge in [0.05, 0.1) is 5.56 Å². The molecular weight excluding hydrogens is 253 g/mol. The first kappa shape index (κ1) is 13.3. The maximum absolute atomic E-state index is 13.6. The van der Waals surface area contributed by atoms with E-state index in [4.69, 9.17) is 10.2 Å². The number of phenols is 1. The molecule has 1 saturated heterocycles. The second-order valence-corrected chi connectivity index (χ2v) is 4.71. The van der Waals surface area contributed by atoms with Crippen molar-refractivity contribution in [1.29, 1.82) is 0 Å². The summed E-state index contributed by atoms with van der Waals surface area (Å²) in [7, 11) is 0. The van der Waals surface area contributed by atoms with Gasteiger partial charge in [-0.05, 0) is 24.5 Å². The highest BCUT2D eigenvalue weighted by atomic mass is 19.1. The maximum Gasteiger partial charge on any atom is 0.326 e. The predicted molar refractivity (Wildman–Crippen MR) is 64.3 cm³/mol. The van der Waals surface area contributed by atoms with Crippen molar-refractivity contribution in [1.82, 2.24) is 4.90 Å². The molecule has 19 heavy (non-hydrogen) atoms. The van der Waals surface area contributed by atoms with Gasteiger partial charge in [0, 0.05) is 12.6 Å². The monoisotopic (exact) mass is 267 g/mol. The van der Waals surface area contributed by atoms with Crippen molar-refractivity contribution in [3.8, 4) is 5.75 Å². The van der Waals surface area contributed by atoms with Crippen LogP contribution in [0.2, 0.25) is 0 Å². The normalized spacial score (nSPS) is 22.5. The summed E-state index contributed by atoms with van der Waals surface area (Å²) >= 11 is 0. The van der Waals surface area contributed by atoms with Gasteiger partial charge in [-0.2, -0.15) is 0 Å². The molecule has 1 amide bonds. The van der Waals surface area contributed by atoms with E-state index in [9.17, 15) is 14.0 Å². The Labute approximate surface area is 109 Å². The number of halogens is 1. The van der Waals surface area contributed by atoms with Crippen LogP contribution in [0.15, 0.2) is 18.2 Å². The Balaban J connectivity index is 2.31. The lowest BCUT2D eigenvalue weighted by Crippen LogP contribution is -2.43. The fourth-order valence-corrected chi connectivity index (χ4v) is 2.38. The second-order valence-electron chi connectivity index (χ2n) is 4.71. The Bertz CT molecular complexity index is 531. The van der Waals surface area contributed by atoms with Gasteiger partial charge in [0.25, 0.3) is 5.91 Å². The number of amides is 1. The zero-order valence-corrected chi connectivity index (χ0v) is 10.3. The number of rotatable bonds is 2. The lowest BCUT2D eigenvalue weighted by molar-refractivity contribution is -0.142. The first-order valence-electron chi connectivity index (χ1n) is 5.94. The van der Waals surface area contributed by atoms with Crippen molar-refractivity contribution in [2.45, 2.75) is 19.4 Å². The summed E-state index contributed by atoms with van der Waals surface area (Å²) in [4.78, 5) is 24.5. The molecule has 5 nitrogen and oxygen atoms in total. The SMILES string of the molecule is CC1CCN(C(=O)c2ccc(O)cc2F)C1C(=O)O. The fraction of sp³-hybridized carbons (Fsp3) is 0.385. The van der Waals surface area contributed by atoms with E-state index in [1.807, 2.05) is 0 Å². The highest BCUT2D eigenvalue weighted by molar-refractivity contribution is 5.97. The largest absolute Gasteiger partial charge is 0.508 e. The summed E-state index contributed by atoms with van der Waals surface area (Å²) < 4.78 is 13.6. The predicted octanol–water partition coefficient (Wildman–Crippen LogP) is 1.47. The van der Waals surface area contributed by atoms with Crippen molar-refractivity contribution >= 4 is 11.9 Å². The van der Waals surface area contributed by atoms with Crippen LogP contribution in [0.1, 0.15) is 23.7 Å². The number of carbonyl (C=O) groups excluding carboxylic acids is 1. The number of likely N-dealkylation sites (tertiary alicyclic amines) is 1. The van der Waals surface area contributed by atoms with E-state index < -0.39 is 23.7 Å². The summed E-state index contributed by atoms with van der Waals surface area (Å²) in [6, 6.07) is 2.27. The zero-order chi connectivity index (χ0) is 14.2. The highest BCUT2D eigenvalue weighted by Gasteiger charge is 2.40. The van der Waals surface area contributed by atoms with Gasteiger partial charge in [-0.25, -0.2) is 9.18 Å². The topological polar surface area (TPSA) is 77.8 Å². The Morgan fingerprint density at radius 2 is 2.11 bits per heavy atom. The van der Waals surface area contributed by atoms with E-state index >= 15 is 0 Å². The number of hydrogen-bond donors (Lipinski definition) is 2. The van der Waals surface area contributed by atoms with Crippen LogP contribution in [0.4, 0.5) is 4.39 Å². The van der Waals surface area contributed by atoms with E-state index in [2.05, 4.69) is 0 Å². The van der Waals surface area contributed by atoms with Gasteiger partial charge in [-0.15, -0.1) is 0 Å². The Morgan fingerprint density at radius 3 is 2.68 bits per heavy atom. The molecule has 2 rings (SSSR count). The maximum atomic E-state index is 13.6. The van der Waals surface area contributed by atoms with Crippen LogP contribution >= 0.6 is 0 Å². The van der Waals surface area contributed by atoms with Crippen molar-refractivity contribution in [2.75, 3.05) is 6.54 Å². The van der Waals surface area contributed by atoms with Crippen LogP contribution < -0.4 is 0 Å². The van der Waals surface area contributed by atoms with Gasteiger partial charge < -0.3 is 15.1 Å². The molecule has 1 aromatic carbocycles. The third-order valence-corrected chi connectivity index (χ3v) is 3.40. The van der Waals surface area contributed by atoms with Crippen molar-refractivity contribution < 1.29 is 24.2 Å². The third kappa shape index (κ3) is 2.38. The first-order valence-corrected chi connectivity index (χ1v) is 5.94. The third-order valence-electron chi connectivity index (χ3n) is 3.40. The lowest BCUT2D eigenvalue weighted by atomic mass is 10.0. The molecule has 1 aliphatic rings. The number of carbonyl (C=O) groups is 2. The number of aliphatic carboxylic acids is 1. The molecule has 1 aliphatic heterocycles. The van der Waals surface area contributed by atoms with Gasteiger partial charge in [0.2, 0.25) is 0 Å². The summed E-state index contributed by atoms with van der Waals surface area (Å²) in [5.41, 5.74) is -0.224. The van der Waals surface area contributed by atoms with Crippen molar-refractivity contribution in [3.05, 3.63) is 29.6 Å². The minimum Gasteiger partial charge on any atom is -0.508 e. The number of aromatic hydroxyl groups is 1. The molecule has 1 heterocycles. The molecule has 2 atom stereocenters. The first-order chi connectivity index (χ1) is 8.91. The number of carboxylic acid groups (broad SMARTS) is 1. The zero-order valence-electron chi connectivity index (χ0n) is 10.3. The number of phenolic OH excluding ortho intramolecular Hbond substituents is 1. The Kier molecular flexibility index (Phi) is 3.42. The summed E-state index contributed by atoms with van der Waals surface area (Å²) in [5, 5.41) is 18.2. The molecule has 0 aliphatic carbocycles. The van der Waals surface area contributed by atoms with Crippen LogP contribution in [0.3, 0.4) is 0 Å². The molecule has 1 aromatic rings. The van der Waals surface area contributed by atoms with Crippen LogP contribution in [0.25, 0.3) is 0 Å². The summed E-state index contributed by atoms with van der Waals surface area (Å²) in [6.07, 6.45) is 0.572. The standard InChI is InChI=1S/C13H14FNO4/c1-7-4-5-15(11(7)13(18)19)12(17)9-3-2-8(16)6-10(9)14/h2-3,6-7,11,16H,4-5H2,1H3,(H,18,19). The number of carboxylic acids is 1. The Hall–Kier alpha value is -2.11. The van der Waals surface area contributed by atoms with E-state index in [-0.39, 0.29) is 23.8 Å². The van der Waals surface area contributed by atoms with E-state index in [0.717, 1.165) is 12.1 Å². The smallest absolute Gasteiger partial charge is 0.326 e. The average molecular weight is 267 g/mol. The highest BCUT2D eigenvalue weighted by Crippen LogP contribution is 2.27. The van der Waals surface area contributed by atoms with Gasteiger partial charge in [0.1, 0.15) is 17.6 Å². The summed E-state index contributed by atoms with van der Waals surface area (Å²) in [5.74, 6) is -3.04. The van der Waals surface area contributed by atoms with Gasteiger partial charge in [0.15, 0.2) is 0 Å².